The zero-order valence-corrected chi connectivity index (χ0v) is 12.4. The number of halogens is 1. The maximum Gasteiger partial charge on any atom is 0.120 e. The van der Waals surface area contributed by atoms with Gasteiger partial charge < -0.3 is 15.2 Å². The lowest BCUT2D eigenvalue weighted by molar-refractivity contribution is 0.106. The predicted molar refractivity (Wildman–Crippen MR) is 81.3 cm³/mol. The molecule has 5 heteroatoms. The van der Waals surface area contributed by atoms with Crippen LogP contribution < -0.4 is 10.1 Å². The second kappa shape index (κ2) is 8.00. The summed E-state index contributed by atoms with van der Waals surface area (Å²) in [5.74, 6) is 3.96. The van der Waals surface area contributed by atoms with Gasteiger partial charge in [0.25, 0.3) is 0 Å². The van der Waals surface area contributed by atoms with Crippen LogP contribution in [0.5, 0.6) is 5.75 Å². The number of rotatable bonds is 7. The van der Waals surface area contributed by atoms with Gasteiger partial charge in [0.05, 0.1) is 0 Å². The topological polar surface area (TPSA) is 41.5 Å². The molecule has 0 amide bonds. The van der Waals surface area contributed by atoms with Crippen molar-refractivity contribution in [2.24, 2.45) is 5.92 Å². The Balaban J connectivity index is 1.60. The molecule has 106 valence electrons. The molecule has 1 saturated heterocycles. The van der Waals surface area contributed by atoms with Gasteiger partial charge in [-0.05, 0) is 48.6 Å². The van der Waals surface area contributed by atoms with Crippen molar-refractivity contribution < 1.29 is 9.84 Å². The van der Waals surface area contributed by atoms with Crippen LogP contribution in [0.3, 0.4) is 0 Å². The zero-order valence-electron chi connectivity index (χ0n) is 10.8. The number of hydrogen-bond acceptors (Lipinski definition) is 4. The lowest BCUT2D eigenvalue weighted by Gasteiger charge is -2.15. The molecule has 2 rings (SSSR count). The minimum absolute atomic E-state index is 0.284. The van der Waals surface area contributed by atoms with Crippen molar-refractivity contribution in [2.45, 2.75) is 12.5 Å². The Morgan fingerprint density at radius 3 is 3.16 bits per heavy atom. The number of hydrogen-bond donors (Lipinski definition) is 2. The van der Waals surface area contributed by atoms with Gasteiger partial charge in [0.1, 0.15) is 18.5 Å². The van der Waals surface area contributed by atoms with Crippen LogP contribution in [-0.4, -0.2) is 42.4 Å². The molecule has 0 bridgehead atoms. The van der Waals surface area contributed by atoms with Gasteiger partial charge in [0.2, 0.25) is 0 Å². The molecular formula is C14H20ClNO2S. The number of nitrogens with one attached hydrogen (secondary N) is 1. The molecule has 0 radical (unpaired) electrons. The minimum atomic E-state index is -0.493. The SMILES string of the molecule is OC(CNCC1CCSC1)COc1cccc(Cl)c1. The van der Waals surface area contributed by atoms with Crippen LogP contribution in [0.15, 0.2) is 24.3 Å². The Bertz CT molecular complexity index is 385. The van der Waals surface area contributed by atoms with E-state index in [9.17, 15) is 5.11 Å². The third kappa shape index (κ3) is 5.61. The fraction of sp³-hybridized carbons (Fsp3) is 0.571. The minimum Gasteiger partial charge on any atom is -0.491 e. The summed E-state index contributed by atoms with van der Waals surface area (Å²) < 4.78 is 5.49. The molecule has 0 spiro atoms. The Morgan fingerprint density at radius 1 is 1.53 bits per heavy atom. The summed E-state index contributed by atoms with van der Waals surface area (Å²) in [7, 11) is 0. The van der Waals surface area contributed by atoms with E-state index in [1.54, 1.807) is 12.1 Å². The highest BCUT2D eigenvalue weighted by atomic mass is 35.5. The Labute approximate surface area is 123 Å². The second-order valence-electron chi connectivity index (χ2n) is 4.81. The number of aliphatic hydroxyl groups is 1. The summed E-state index contributed by atoms with van der Waals surface area (Å²) in [5, 5.41) is 13.8. The van der Waals surface area contributed by atoms with Crippen molar-refractivity contribution in [3.05, 3.63) is 29.3 Å². The third-order valence-electron chi connectivity index (χ3n) is 3.08. The highest BCUT2D eigenvalue weighted by Crippen LogP contribution is 2.22. The van der Waals surface area contributed by atoms with Crippen molar-refractivity contribution in [3.63, 3.8) is 0 Å². The van der Waals surface area contributed by atoms with E-state index in [1.165, 1.54) is 17.9 Å². The largest absolute Gasteiger partial charge is 0.491 e. The highest BCUT2D eigenvalue weighted by Gasteiger charge is 2.15. The first-order chi connectivity index (χ1) is 9.24. The van der Waals surface area contributed by atoms with E-state index in [0.29, 0.717) is 17.3 Å². The predicted octanol–water partition coefficient (Wildman–Crippen LogP) is 2.42. The molecule has 19 heavy (non-hydrogen) atoms. The van der Waals surface area contributed by atoms with Gasteiger partial charge in [0, 0.05) is 11.6 Å². The van der Waals surface area contributed by atoms with Crippen LogP contribution in [0.2, 0.25) is 5.02 Å². The molecule has 0 saturated carbocycles. The van der Waals surface area contributed by atoms with Gasteiger partial charge >= 0.3 is 0 Å². The molecule has 1 aromatic rings. The zero-order chi connectivity index (χ0) is 13.5. The van der Waals surface area contributed by atoms with Crippen LogP contribution in [0.1, 0.15) is 6.42 Å². The number of benzene rings is 1. The van der Waals surface area contributed by atoms with E-state index in [1.807, 2.05) is 23.9 Å². The maximum atomic E-state index is 9.83. The number of thioether (sulfide) groups is 1. The van der Waals surface area contributed by atoms with Gasteiger partial charge in [-0.1, -0.05) is 17.7 Å². The second-order valence-corrected chi connectivity index (χ2v) is 6.40. The summed E-state index contributed by atoms with van der Waals surface area (Å²) in [6.45, 7) is 1.84. The van der Waals surface area contributed by atoms with Gasteiger partial charge in [-0.25, -0.2) is 0 Å². The molecule has 1 fully saturated rings. The molecule has 3 nitrogen and oxygen atoms in total. The van der Waals surface area contributed by atoms with Gasteiger partial charge in [-0.3, -0.25) is 0 Å². The summed E-state index contributed by atoms with van der Waals surface area (Å²) >= 11 is 7.87. The quantitative estimate of drug-likeness (QED) is 0.811. The fourth-order valence-electron chi connectivity index (χ4n) is 2.01. The van der Waals surface area contributed by atoms with Crippen LogP contribution in [0.4, 0.5) is 0 Å². The van der Waals surface area contributed by atoms with Crippen LogP contribution >= 0.6 is 23.4 Å². The molecular weight excluding hydrogens is 282 g/mol. The summed E-state index contributed by atoms with van der Waals surface area (Å²) in [5.41, 5.74) is 0. The number of ether oxygens (including phenoxy) is 1. The average molecular weight is 302 g/mol. The lowest BCUT2D eigenvalue weighted by atomic mass is 10.1. The van der Waals surface area contributed by atoms with E-state index in [0.717, 1.165) is 12.5 Å². The first-order valence-corrected chi connectivity index (χ1v) is 8.12. The van der Waals surface area contributed by atoms with Crippen molar-refractivity contribution in [1.29, 1.82) is 0 Å². The smallest absolute Gasteiger partial charge is 0.120 e. The highest BCUT2D eigenvalue weighted by molar-refractivity contribution is 7.99. The number of aliphatic hydroxyl groups excluding tert-OH is 1. The fourth-order valence-corrected chi connectivity index (χ4v) is 3.47. The monoisotopic (exact) mass is 301 g/mol. The van der Waals surface area contributed by atoms with Crippen LogP contribution in [-0.2, 0) is 0 Å². The van der Waals surface area contributed by atoms with E-state index >= 15 is 0 Å². The maximum absolute atomic E-state index is 9.83. The van der Waals surface area contributed by atoms with Crippen LogP contribution in [0.25, 0.3) is 0 Å². The van der Waals surface area contributed by atoms with E-state index < -0.39 is 6.10 Å². The summed E-state index contributed by atoms with van der Waals surface area (Å²) in [4.78, 5) is 0. The summed E-state index contributed by atoms with van der Waals surface area (Å²) in [6, 6.07) is 7.21. The summed E-state index contributed by atoms with van der Waals surface area (Å²) in [6.07, 6.45) is 0.792. The third-order valence-corrected chi connectivity index (χ3v) is 4.54. The molecule has 1 aliphatic rings. The Kier molecular flexibility index (Phi) is 6.31. The molecule has 1 aromatic carbocycles. The first kappa shape index (κ1) is 15.0. The first-order valence-electron chi connectivity index (χ1n) is 6.59. The molecule has 2 unspecified atom stereocenters. The Hall–Kier alpha value is -0.420. The van der Waals surface area contributed by atoms with Crippen molar-refractivity contribution in [3.8, 4) is 5.75 Å². The average Bonchev–Trinajstić information content (AvgIpc) is 2.90. The molecule has 0 aliphatic carbocycles. The van der Waals surface area contributed by atoms with Gasteiger partial charge in [-0.2, -0.15) is 11.8 Å². The molecule has 1 heterocycles. The van der Waals surface area contributed by atoms with Gasteiger partial charge in [-0.15, -0.1) is 0 Å². The lowest BCUT2D eigenvalue weighted by Crippen LogP contribution is -2.34. The normalized spacial score (nSPS) is 20.4. The van der Waals surface area contributed by atoms with Crippen molar-refractivity contribution in [2.75, 3.05) is 31.2 Å². The molecule has 1 aliphatic heterocycles. The Morgan fingerprint density at radius 2 is 2.42 bits per heavy atom. The van der Waals surface area contributed by atoms with E-state index in [4.69, 9.17) is 16.3 Å². The molecule has 0 aromatic heterocycles. The molecule has 2 N–H and O–H groups in total. The van der Waals surface area contributed by atoms with Crippen LogP contribution in [0, 0.1) is 5.92 Å². The standard InChI is InChI=1S/C14H20ClNO2S/c15-12-2-1-3-14(6-12)18-9-13(17)8-16-7-11-4-5-19-10-11/h1-3,6,11,13,16-17H,4-5,7-10H2. The van der Waals surface area contributed by atoms with E-state index in [2.05, 4.69) is 5.32 Å². The van der Waals surface area contributed by atoms with E-state index in [-0.39, 0.29) is 6.61 Å². The van der Waals surface area contributed by atoms with Crippen molar-refractivity contribution in [1.82, 2.24) is 5.32 Å². The molecule has 2 atom stereocenters. The van der Waals surface area contributed by atoms with Crippen molar-refractivity contribution >= 4 is 23.4 Å². The van der Waals surface area contributed by atoms with Gasteiger partial charge in [0.15, 0.2) is 0 Å².